The summed E-state index contributed by atoms with van der Waals surface area (Å²) in [6.45, 7) is 3.95. The molecule has 0 aromatic carbocycles. The fourth-order valence-electron chi connectivity index (χ4n) is 4.57. The average molecular weight is 360 g/mol. The third-order valence-corrected chi connectivity index (χ3v) is 6.45. The van der Waals surface area contributed by atoms with E-state index >= 15 is 0 Å². The van der Waals surface area contributed by atoms with Crippen LogP contribution >= 0.6 is 0 Å². The van der Waals surface area contributed by atoms with E-state index in [1.165, 1.54) is 5.57 Å². The van der Waals surface area contributed by atoms with Crippen molar-refractivity contribution in [3.63, 3.8) is 0 Å². The van der Waals surface area contributed by atoms with Crippen LogP contribution < -0.4 is 16.1 Å². The molecule has 1 spiro atoms. The molecule has 0 aromatic rings. The van der Waals surface area contributed by atoms with Crippen molar-refractivity contribution in [2.45, 2.75) is 31.7 Å². The number of carbonyl (C=O) groups is 2. The summed E-state index contributed by atoms with van der Waals surface area (Å²) < 4.78 is 0. The minimum Gasteiger partial charge on any atom is -0.337 e. The van der Waals surface area contributed by atoms with E-state index in [4.69, 9.17) is 5.21 Å². The van der Waals surface area contributed by atoms with Crippen molar-refractivity contribution in [2.75, 3.05) is 32.7 Å². The van der Waals surface area contributed by atoms with Gasteiger partial charge < -0.3 is 15.5 Å². The first-order valence-corrected chi connectivity index (χ1v) is 9.64. The number of carbonyl (C=O) groups excluding carboxylic acids is 2. The maximum absolute atomic E-state index is 13.0. The molecule has 0 radical (unpaired) electrons. The Hall–Kier alpha value is -1.70. The predicted octanol–water partition coefficient (Wildman–Crippen LogP) is 0.184. The molecule has 7 nitrogen and oxygen atoms in total. The Morgan fingerprint density at radius 2 is 2.19 bits per heavy atom. The van der Waals surface area contributed by atoms with Crippen molar-refractivity contribution in [1.82, 2.24) is 21.0 Å². The van der Waals surface area contributed by atoms with E-state index in [-0.39, 0.29) is 11.3 Å². The lowest BCUT2D eigenvalue weighted by Crippen LogP contribution is -2.59. The van der Waals surface area contributed by atoms with E-state index in [1.807, 2.05) is 4.90 Å². The van der Waals surface area contributed by atoms with Crippen LogP contribution in [0.2, 0.25) is 0 Å². The lowest BCUT2D eigenvalue weighted by molar-refractivity contribution is -0.144. The Balaban J connectivity index is 1.42. The van der Waals surface area contributed by atoms with Crippen LogP contribution in [0.3, 0.4) is 0 Å². The summed E-state index contributed by atoms with van der Waals surface area (Å²) in [5.41, 5.74) is 3.30. The number of nitrogens with zero attached hydrogens (tertiary/aromatic N) is 1. The highest BCUT2D eigenvalue weighted by atomic mass is 16.5. The van der Waals surface area contributed by atoms with Gasteiger partial charge in [0, 0.05) is 38.6 Å². The number of amides is 2. The first-order valence-electron chi connectivity index (χ1n) is 9.64. The number of hydrogen-bond donors (Lipinski definition) is 4. The largest absolute Gasteiger partial charge is 0.337 e. The van der Waals surface area contributed by atoms with Crippen LogP contribution in [0.1, 0.15) is 25.7 Å². The topological polar surface area (TPSA) is 93.7 Å². The van der Waals surface area contributed by atoms with Gasteiger partial charge >= 0.3 is 0 Å². The highest BCUT2D eigenvalue weighted by Gasteiger charge is 2.52. The molecule has 26 heavy (non-hydrogen) atoms. The van der Waals surface area contributed by atoms with Gasteiger partial charge in [-0.15, -0.1) is 0 Å². The van der Waals surface area contributed by atoms with Gasteiger partial charge in [0.1, 0.15) is 0 Å². The second-order valence-electron chi connectivity index (χ2n) is 8.15. The van der Waals surface area contributed by atoms with Crippen LogP contribution in [0.25, 0.3) is 0 Å². The van der Waals surface area contributed by atoms with Gasteiger partial charge in [0.05, 0.1) is 12.0 Å². The lowest BCUT2D eigenvalue weighted by atomic mass is 9.81. The molecule has 1 saturated heterocycles. The predicted molar refractivity (Wildman–Crippen MR) is 96.3 cm³/mol. The van der Waals surface area contributed by atoms with Crippen molar-refractivity contribution in [2.24, 2.45) is 17.3 Å². The first-order chi connectivity index (χ1) is 12.6. The third-order valence-electron chi connectivity index (χ3n) is 6.45. The molecule has 3 aliphatic heterocycles. The smallest absolute Gasteiger partial charge is 0.248 e. The van der Waals surface area contributed by atoms with Crippen molar-refractivity contribution in [3.05, 3.63) is 23.8 Å². The van der Waals surface area contributed by atoms with E-state index in [0.717, 1.165) is 38.9 Å². The Kier molecular flexibility index (Phi) is 4.86. The summed E-state index contributed by atoms with van der Waals surface area (Å²) in [5, 5.41) is 15.8. The van der Waals surface area contributed by atoms with Gasteiger partial charge in [-0.3, -0.25) is 14.8 Å². The van der Waals surface area contributed by atoms with Crippen molar-refractivity contribution in [3.8, 4) is 0 Å². The molecule has 2 amide bonds. The second kappa shape index (κ2) is 7.13. The maximum atomic E-state index is 13.0. The number of hydrogen-bond acceptors (Lipinski definition) is 5. The molecule has 4 N–H and O–H groups in total. The molecule has 0 aromatic heterocycles. The lowest BCUT2D eigenvalue weighted by Gasteiger charge is -2.39. The molecule has 142 valence electrons. The van der Waals surface area contributed by atoms with E-state index in [1.54, 1.807) is 5.48 Å². The molecular weight excluding hydrogens is 332 g/mol. The van der Waals surface area contributed by atoms with Gasteiger partial charge in [0.2, 0.25) is 11.8 Å². The fourth-order valence-corrected chi connectivity index (χ4v) is 4.57. The molecule has 4 rings (SSSR count). The molecule has 7 heteroatoms. The maximum Gasteiger partial charge on any atom is 0.248 e. The zero-order valence-corrected chi connectivity index (χ0v) is 15.0. The molecule has 2 fully saturated rings. The van der Waals surface area contributed by atoms with Gasteiger partial charge in [-0.05, 0) is 31.1 Å². The molecular formula is C19H28N4O3. The normalized spacial score (nSPS) is 32.9. The van der Waals surface area contributed by atoms with Crippen LogP contribution in [0.15, 0.2) is 23.8 Å². The number of piperidine rings is 1. The van der Waals surface area contributed by atoms with Crippen LogP contribution in [-0.2, 0) is 9.59 Å². The molecule has 4 aliphatic rings. The van der Waals surface area contributed by atoms with Crippen LogP contribution in [0.4, 0.5) is 0 Å². The van der Waals surface area contributed by atoms with Crippen molar-refractivity contribution < 1.29 is 14.8 Å². The summed E-state index contributed by atoms with van der Waals surface area (Å²) in [6, 6.07) is -0.542. The summed E-state index contributed by atoms with van der Waals surface area (Å²) in [6.07, 6.45) is 10.3. The standard InChI is InChI=1S/C19H28N4O3/c24-17(22-26)15-10-19(5-6-19)12-21-16(15)18(25)23-8-3-13(4-9-23)14-2-1-7-20-11-14/h1-3,14-16,20-21,26H,4-12H2,(H,22,24)/t14?,15-,16-/m0/s1. The summed E-state index contributed by atoms with van der Waals surface area (Å²) in [4.78, 5) is 27.0. The van der Waals surface area contributed by atoms with Gasteiger partial charge in [0.25, 0.3) is 0 Å². The molecule has 3 heterocycles. The molecule has 3 atom stereocenters. The average Bonchev–Trinajstić information content (AvgIpc) is 3.46. The molecule has 1 saturated carbocycles. The Morgan fingerprint density at radius 3 is 2.81 bits per heavy atom. The van der Waals surface area contributed by atoms with E-state index < -0.39 is 17.9 Å². The number of nitrogens with one attached hydrogen (secondary N) is 3. The third kappa shape index (κ3) is 3.43. The van der Waals surface area contributed by atoms with E-state index in [9.17, 15) is 9.59 Å². The van der Waals surface area contributed by atoms with Gasteiger partial charge in [-0.25, -0.2) is 5.48 Å². The van der Waals surface area contributed by atoms with Crippen LogP contribution in [0, 0.1) is 17.3 Å². The van der Waals surface area contributed by atoms with E-state index in [2.05, 4.69) is 28.9 Å². The van der Waals surface area contributed by atoms with Crippen LogP contribution in [-0.4, -0.2) is 60.7 Å². The monoisotopic (exact) mass is 360 g/mol. The van der Waals surface area contributed by atoms with Crippen molar-refractivity contribution >= 4 is 11.8 Å². The zero-order chi connectivity index (χ0) is 18.1. The highest BCUT2D eigenvalue weighted by molar-refractivity contribution is 5.90. The summed E-state index contributed by atoms with van der Waals surface area (Å²) >= 11 is 0. The number of hydroxylamine groups is 1. The van der Waals surface area contributed by atoms with Gasteiger partial charge in [-0.1, -0.05) is 23.8 Å². The fraction of sp³-hybridized carbons (Fsp3) is 0.684. The molecule has 1 unspecified atom stereocenters. The Labute approximate surface area is 153 Å². The van der Waals surface area contributed by atoms with Crippen LogP contribution in [0.5, 0.6) is 0 Å². The first kappa shape index (κ1) is 17.7. The Bertz CT molecular complexity index is 641. The van der Waals surface area contributed by atoms with Gasteiger partial charge in [0.15, 0.2) is 0 Å². The van der Waals surface area contributed by atoms with E-state index in [0.29, 0.717) is 25.4 Å². The number of rotatable bonds is 3. The second-order valence-corrected chi connectivity index (χ2v) is 8.15. The minimum absolute atomic E-state index is 0.0262. The zero-order valence-electron chi connectivity index (χ0n) is 15.0. The minimum atomic E-state index is -0.542. The summed E-state index contributed by atoms with van der Waals surface area (Å²) in [7, 11) is 0. The molecule has 1 aliphatic carbocycles. The van der Waals surface area contributed by atoms with Gasteiger partial charge in [-0.2, -0.15) is 0 Å². The summed E-state index contributed by atoms with van der Waals surface area (Å²) in [5.74, 6) is -0.550. The SMILES string of the molecule is O=C(NO)[C@H]1CC2(CC2)CN[C@@H]1C(=O)N1CC=C(C2C=CCNC2)CC1. The van der Waals surface area contributed by atoms with Crippen molar-refractivity contribution in [1.29, 1.82) is 0 Å². The Morgan fingerprint density at radius 1 is 1.35 bits per heavy atom. The molecule has 0 bridgehead atoms. The highest BCUT2D eigenvalue weighted by Crippen LogP contribution is 2.52. The quantitative estimate of drug-likeness (QED) is 0.327.